The Bertz CT molecular complexity index is 414. The topological polar surface area (TPSA) is 52.5 Å². The van der Waals surface area contributed by atoms with Crippen molar-refractivity contribution < 1.29 is 5.11 Å². The Morgan fingerprint density at radius 2 is 1.90 bits per heavy atom. The number of hydrogen-bond acceptors (Lipinski definition) is 5. The molecule has 1 atom stereocenters. The maximum absolute atomic E-state index is 10.4. The molecule has 21 heavy (non-hydrogen) atoms. The predicted molar refractivity (Wildman–Crippen MR) is 83.3 cm³/mol. The van der Waals surface area contributed by atoms with Crippen LogP contribution in [0.3, 0.4) is 0 Å². The zero-order valence-electron chi connectivity index (χ0n) is 12.7. The zero-order valence-corrected chi connectivity index (χ0v) is 12.7. The van der Waals surface area contributed by atoms with Gasteiger partial charge in [-0.1, -0.05) is 19.3 Å². The van der Waals surface area contributed by atoms with Crippen LogP contribution in [0.25, 0.3) is 0 Å². The fourth-order valence-electron chi connectivity index (χ4n) is 3.55. The summed E-state index contributed by atoms with van der Waals surface area (Å²) in [6.07, 6.45) is 7.92. The molecule has 0 aromatic carbocycles. The summed E-state index contributed by atoms with van der Waals surface area (Å²) in [6, 6.07) is 3.95. The highest BCUT2D eigenvalue weighted by Gasteiger charge is 2.25. The summed E-state index contributed by atoms with van der Waals surface area (Å²) in [5, 5.41) is 18.5. The van der Waals surface area contributed by atoms with Gasteiger partial charge in [-0.2, -0.15) is 5.10 Å². The minimum absolute atomic E-state index is 0.145. The lowest BCUT2D eigenvalue weighted by molar-refractivity contribution is 0.0459. The smallest absolute Gasteiger partial charge is 0.151 e. The van der Waals surface area contributed by atoms with E-state index in [0.29, 0.717) is 5.92 Å². The monoisotopic (exact) mass is 290 g/mol. The predicted octanol–water partition coefficient (Wildman–Crippen LogP) is 1.54. The summed E-state index contributed by atoms with van der Waals surface area (Å²) >= 11 is 0. The second kappa shape index (κ2) is 7.18. The maximum Gasteiger partial charge on any atom is 0.151 e. The standard InChI is InChI=1S/C16H26N4O/c21-15(14-5-2-1-3-6-14)13-19-9-11-20(12-10-19)16-7-4-8-17-18-16/h4,7-8,14-15,21H,1-3,5-6,9-13H2. The van der Waals surface area contributed by atoms with Gasteiger partial charge in [0.15, 0.2) is 5.82 Å². The van der Waals surface area contributed by atoms with Gasteiger partial charge in [0.05, 0.1) is 6.10 Å². The number of aromatic nitrogens is 2. The van der Waals surface area contributed by atoms with Crippen LogP contribution < -0.4 is 4.90 Å². The number of nitrogens with zero attached hydrogens (tertiary/aromatic N) is 4. The van der Waals surface area contributed by atoms with Crippen molar-refractivity contribution in [2.24, 2.45) is 5.92 Å². The maximum atomic E-state index is 10.4. The first-order valence-electron chi connectivity index (χ1n) is 8.26. The Balaban J connectivity index is 1.45. The number of aliphatic hydroxyl groups is 1. The summed E-state index contributed by atoms with van der Waals surface area (Å²) in [5.41, 5.74) is 0. The lowest BCUT2D eigenvalue weighted by Gasteiger charge is -2.37. The van der Waals surface area contributed by atoms with E-state index in [-0.39, 0.29) is 6.10 Å². The molecular weight excluding hydrogens is 264 g/mol. The summed E-state index contributed by atoms with van der Waals surface area (Å²) in [6.45, 7) is 4.77. The molecule has 1 aliphatic carbocycles. The highest BCUT2D eigenvalue weighted by Crippen LogP contribution is 2.27. The van der Waals surface area contributed by atoms with Crippen LogP contribution >= 0.6 is 0 Å². The molecule has 2 fully saturated rings. The van der Waals surface area contributed by atoms with E-state index in [2.05, 4.69) is 20.0 Å². The molecule has 0 spiro atoms. The van der Waals surface area contributed by atoms with Crippen molar-refractivity contribution in [1.82, 2.24) is 15.1 Å². The minimum atomic E-state index is -0.145. The molecule has 2 heterocycles. The van der Waals surface area contributed by atoms with E-state index in [4.69, 9.17) is 0 Å². The van der Waals surface area contributed by atoms with Gasteiger partial charge in [-0.15, -0.1) is 5.10 Å². The van der Waals surface area contributed by atoms with Crippen molar-refractivity contribution in [3.8, 4) is 0 Å². The molecule has 0 amide bonds. The molecule has 3 rings (SSSR count). The van der Waals surface area contributed by atoms with Crippen molar-refractivity contribution in [2.45, 2.75) is 38.2 Å². The van der Waals surface area contributed by atoms with Crippen LogP contribution in [-0.4, -0.2) is 59.0 Å². The number of hydrogen-bond donors (Lipinski definition) is 1. The van der Waals surface area contributed by atoms with Gasteiger partial charge in [-0.05, 0) is 30.9 Å². The van der Waals surface area contributed by atoms with E-state index in [1.54, 1.807) is 6.20 Å². The molecule has 1 aliphatic heterocycles. The van der Waals surface area contributed by atoms with Gasteiger partial charge in [0.2, 0.25) is 0 Å². The molecule has 0 bridgehead atoms. The van der Waals surface area contributed by atoms with Crippen LogP contribution in [0.4, 0.5) is 5.82 Å². The average Bonchev–Trinajstić information content (AvgIpc) is 2.57. The quantitative estimate of drug-likeness (QED) is 0.911. The summed E-state index contributed by atoms with van der Waals surface area (Å²) in [5.74, 6) is 1.49. The van der Waals surface area contributed by atoms with Gasteiger partial charge in [-0.25, -0.2) is 0 Å². The first-order chi connectivity index (χ1) is 10.3. The van der Waals surface area contributed by atoms with Crippen LogP contribution in [-0.2, 0) is 0 Å². The molecule has 1 saturated carbocycles. The summed E-state index contributed by atoms with van der Waals surface area (Å²) < 4.78 is 0. The molecule has 1 N–H and O–H groups in total. The third-order valence-corrected chi connectivity index (χ3v) is 4.89. The Labute approximate surface area is 127 Å². The van der Waals surface area contributed by atoms with E-state index in [1.807, 2.05) is 12.1 Å². The van der Waals surface area contributed by atoms with Crippen molar-refractivity contribution in [3.63, 3.8) is 0 Å². The van der Waals surface area contributed by atoms with Gasteiger partial charge in [0, 0.05) is 38.9 Å². The Kier molecular flexibility index (Phi) is 5.04. The van der Waals surface area contributed by atoms with Gasteiger partial charge in [-0.3, -0.25) is 4.90 Å². The van der Waals surface area contributed by atoms with Gasteiger partial charge in [0.1, 0.15) is 0 Å². The van der Waals surface area contributed by atoms with E-state index in [1.165, 1.54) is 32.1 Å². The highest BCUT2D eigenvalue weighted by molar-refractivity contribution is 5.36. The fourth-order valence-corrected chi connectivity index (χ4v) is 3.55. The number of piperazine rings is 1. The fraction of sp³-hybridized carbons (Fsp3) is 0.750. The first-order valence-corrected chi connectivity index (χ1v) is 8.26. The van der Waals surface area contributed by atoms with Gasteiger partial charge >= 0.3 is 0 Å². The number of β-amino-alcohol motifs (C(OH)–C–C–N with tert-alkyl or cyclic N) is 1. The lowest BCUT2D eigenvalue weighted by atomic mass is 9.85. The van der Waals surface area contributed by atoms with E-state index in [9.17, 15) is 5.11 Å². The number of rotatable bonds is 4. The second-order valence-corrected chi connectivity index (χ2v) is 6.33. The first kappa shape index (κ1) is 14.7. The lowest BCUT2D eigenvalue weighted by Crippen LogP contribution is -2.49. The third-order valence-electron chi connectivity index (χ3n) is 4.89. The number of aliphatic hydroxyl groups excluding tert-OH is 1. The summed E-state index contributed by atoms with van der Waals surface area (Å²) in [4.78, 5) is 4.67. The van der Waals surface area contributed by atoms with E-state index >= 15 is 0 Å². The Morgan fingerprint density at radius 1 is 1.14 bits per heavy atom. The summed E-state index contributed by atoms with van der Waals surface area (Å²) in [7, 11) is 0. The van der Waals surface area contributed by atoms with Gasteiger partial charge in [0.25, 0.3) is 0 Å². The normalized spacial score (nSPS) is 23.2. The molecule has 1 aromatic heterocycles. The number of anilines is 1. The largest absolute Gasteiger partial charge is 0.392 e. The third kappa shape index (κ3) is 3.92. The molecule has 0 radical (unpaired) electrons. The Morgan fingerprint density at radius 3 is 2.57 bits per heavy atom. The van der Waals surface area contributed by atoms with Crippen molar-refractivity contribution in [3.05, 3.63) is 18.3 Å². The molecule has 5 nitrogen and oxygen atoms in total. The Hall–Kier alpha value is -1.20. The molecule has 1 aromatic rings. The highest BCUT2D eigenvalue weighted by atomic mass is 16.3. The van der Waals surface area contributed by atoms with E-state index in [0.717, 1.165) is 38.5 Å². The van der Waals surface area contributed by atoms with Gasteiger partial charge < -0.3 is 10.0 Å². The molecule has 1 saturated heterocycles. The van der Waals surface area contributed by atoms with Crippen LogP contribution in [0.5, 0.6) is 0 Å². The minimum Gasteiger partial charge on any atom is -0.392 e. The molecule has 5 heteroatoms. The molecule has 1 unspecified atom stereocenters. The van der Waals surface area contributed by atoms with Crippen LogP contribution in [0, 0.1) is 5.92 Å². The SMILES string of the molecule is OC(CN1CCN(c2cccnn2)CC1)C1CCCCC1. The molecule has 116 valence electrons. The molecule has 2 aliphatic rings. The van der Waals surface area contributed by atoms with Crippen molar-refractivity contribution >= 4 is 5.82 Å². The van der Waals surface area contributed by atoms with Crippen molar-refractivity contribution in [2.75, 3.05) is 37.6 Å². The van der Waals surface area contributed by atoms with Crippen molar-refractivity contribution in [1.29, 1.82) is 0 Å². The second-order valence-electron chi connectivity index (χ2n) is 6.33. The van der Waals surface area contributed by atoms with Crippen LogP contribution in [0.2, 0.25) is 0 Å². The average molecular weight is 290 g/mol. The van der Waals surface area contributed by atoms with Crippen LogP contribution in [0.15, 0.2) is 18.3 Å². The van der Waals surface area contributed by atoms with E-state index < -0.39 is 0 Å². The van der Waals surface area contributed by atoms with Crippen LogP contribution in [0.1, 0.15) is 32.1 Å². The molecular formula is C16H26N4O. The zero-order chi connectivity index (χ0) is 14.5.